The van der Waals surface area contributed by atoms with E-state index in [0.29, 0.717) is 0 Å². The third-order valence-electron chi connectivity index (χ3n) is 7.01. The van der Waals surface area contributed by atoms with Crippen molar-refractivity contribution >= 4 is 11.8 Å². The average molecular weight is 375 g/mol. The fourth-order valence-corrected chi connectivity index (χ4v) is 6.20. The Bertz CT molecular complexity index is 969. The van der Waals surface area contributed by atoms with Crippen LogP contribution in [0.5, 0.6) is 0 Å². The van der Waals surface area contributed by atoms with Crippen molar-refractivity contribution in [1.29, 1.82) is 0 Å². The summed E-state index contributed by atoms with van der Waals surface area (Å²) >= 11 is 0. The monoisotopic (exact) mass is 375 g/mol. The minimum absolute atomic E-state index is 0.110. The molecule has 6 rings (SSSR count). The molecule has 0 aromatic heterocycles. The molecule has 2 amide bonds. The number of hydrogen-bond acceptors (Lipinski definition) is 3. The summed E-state index contributed by atoms with van der Waals surface area (Å²) in [6, 6.07) is 16.1. The highest BCUT2D eigenvalue weighted by Crippen LogP contribution is 2.65. The molecule has 28 heavy (non-hydrogen) atoms. The Balaban J connectivity index is 1.90. The number of likely N-dealkylation sites (tertiary alicyclic amines) is 1. The molecule has 4 nitrogen and oxygen atoms in total. The van der Waals surface area contributed by atoms with Crippen LogP contribution >= 0.6 is 0 Å². The maximum Gasteiger partial charge on any atom is 0.234 e. The molecule has 4 aliphatic rings. The molecule has 2 bridgehead atoms. The first-order valence-corrected chi connectivity index (χ1v) is 9.97. The number of rotatable bonds is 1. The predicted molar refractivity (Wildman–Crippen MR) is 106 cm³/mol. The molecule has 0 spiro atoms. The molecule has 2 aromatic rings. The van der Waals surface area contributed by atoms with Crippen molar-refractivity contribution in [2.75, 3.05) is 0 Å². The van der Waals surface area contributed by atoms with Gasteiger partial charge < -0.3 is 5.11 Å². The second-order valence-electron chi connectivity index (χ2n) is 9.38. The number of imide groups is 1. The fraction of sp³-hybridized carbons (Fsp3) is 0.417. The third-order valence-corrected chi connectivity index (χ3v) is 7.01. The number of benzene rings is 2. The van der Waals surface area contributed by atoms with Gasteiger partial charge in [-0.25, -0.2) is 0 Å². The minimum Gasteiger partial charge on any atom is -0.392 e. The van der Waals surface area contributed by atoms with Crippen LogP contribution < -0.4 is 0 Å². The van der Waals surface area contributed by atoms with Crippen molar-refractivity contribution in [2.45, 2.75) is 50.7 Å². The van der Waals surface area contributed by atoms with E-state index in [9.17, 15) is 14.7 Å². The fourth-order valence-electron chi connectivity index (χ4n) is 6.20. The van der Waals surface area contributed by atoms with E-state index in [4.69, 9.17) is 0 Å². The molecule has 3 aliphatic carbocycles. The van der Waals surface area contributed by atoms with E-state index >= 15 is 0 Å². The number of carbonyl (C=O) groups is 2. The summed E-state index contributed by atoms with van der Waals surface area (Å²) < 4.78 is 0. The van der Waals surface area contributed by atoms with E-state index in [-0.39, 0.29) is 17.7 Å². The molecule has 2 aromatic carbocycles. The van der Waals surface area contributed by atoms with Crippen LogP contribution in [0.1, 0.15) is 55.9 Å². The van der Waals surface area contributed by atoms with Crippen molar-refractivity contribution in [3.63, 3.8) is 0 Å². The van der Waals surface area contributed by atoms with Crippen molar-refractivity contribution in [2.24, 2.45) is 11.8 Å². The molecule has 144 valence electrons. The van der Waals surface area contributed by atoms with Crippen molar-refractivity contribution in [3.05, 3.63) is 70.8 Å². The molecular weight excluding hydrogens is 350 g/mol. The first-order valence-electron chi connectivity index (χ1n) is 9.97. The molecule has 0 saturated carbocycles. The number of carbonyl (C=O) groups excluding carboxylic acids is 2. The quantitative estimate of drug-likeness (QED) is 0.779. The van der Waals surface area contributed by atoms with Gasteiger partial charge in [0.05, 0.1) is 23.4 Å². The molecule has 0 radical (unpaired) electrons. The van der Waals surface area contributed by atoms with Gasteiger partial charge in [0.1, 0.15) is 0 Å². The number of nitrogens with zero attached hydrogens (tertiary/aromatic N) is 1. The SMILES string of the molecule is C[C@H](O)C12c3ccccc3C(c3ccccc31)[C@@H]1C(=O)N(C(C)(C)C)C(=O)[C@@H]12. The van der Waals surface area contributed by atoms with Crippen LogP contribution in [0.15, 0.2) is 48.5 Å². The Morgan fingerprint density at radius 1 is 0.929 bits per heavy atom. The molecule has 1 N–H and O–H groups in total. The highest BCUT2D eigenvalue weighted by molar-refractivity contribution is 6.09. The van der Waals surface area contributed by atoms with Gasteiger partial charge in [0.2, 0.25) is 11.8 Å². The largest absolute Gasteiger partial charge is 0.392 e. The Morgan fingerprint density at radius 2 is 1.43 bits per heavy atom. The van der Waals surface area contributed by atoms with E-state index < -0.39 is 28.9 Å². The van der Waals surface area contributed by atoms with E-state index in [1.807, 2.05) is 57.2 Å². The van der Waals surface area contributed by atoms with Crippen molar-refractivity contribution < 1.29 is 14.7 Å². The topological polar surface area (TPSA) is 57.6 Å². The van der Waals surface area contributed by atoms with Gasteiger partial charge in [-0.05, 0) is 49.9 Å². The van der Waals surface area contributed by atoms with Gasteiger partial charge >= 0.3 is 0 Å². The van der Waals surface area contributed by atoms with Gasteiger partial charge in [-0.1, -0.05) is 48.5 Å². The molecular formula is C24H25NO3. The van der Waals surface area contributed by atoms with Crippen LogP contribution in [-0.4, -0.2) is 33.5 Å². The zero-order valence-corrected chi connectivity index (χ0v) is 16.6. The predicted octanol–water partition coefficient (Wildman–Crippen LogP) is 3.21. The van der Waals surface area contributed by atoms with Crippen molar-refractivity contribution in [3.8, 4) is 0 Å². The molecule has 0 unspecified atom stereocenters. The maximum absolute atomic E-state index is 13.7. The number of amides is 2. The molecule has 1 saturated heterocycles. The summed E-state index contributed by atoms with van der Waals surface area (Å²) in [7, 11) is 0. The standard InChI is InChI=1S/C24H25NO3/c1-13(26)24-16-11-7-5-9-14(16)18(15-10-6-8-12-17(15)24)19-20(24)22(28)25(21(19)27)23(2,3)4/h5-13,18-20,26H,1-4H3/t13-,18?,19-,20+,24?/m0/s1. The number of hydrogen-bond donors (Lipinski definition) is 1. The maximum atomic E-state index is 13.7. The highest BCUT2D eigenvalue weighted by atomic mass is 16.3. The summed E-state index contributed by atoms with van der Waals surface area (Å²) in [5, 5.41) is 11.2. The molecule has 1 fully saturated rings. The van der Waals surface area contributed by atoms with Crippen LogP contribution in [0.25, 0.3) is 0 Å². The zero-order chi connectivity index (χ0) is 20.0. The molecule has 1 heterocycles. The molecule has 3 atom stereocenters. The number of aliphatic hydroxyl groups excluding tert-OH is 1. The Kier molecular flexibility index (Phi) is 3.35. The first kappa shape index (κ1) is 17.6. The Morgan fingerprint density at radius 3 is 1.89 bits per heavy atom. The van der Waals surface area contributed by atoms with Crippen LogP contribution in [-0.2, 0) is 15.0 Å². The van der Waals surface area contributed by atoms with Gasteiger partial charge in [-0.15, -0.1) is 0 Å². The zero-order valence-electron chi connectivity index (χ0n) is 16.6. The average Bonchev–Trinajstić information content (AvgIpc) is 2.93. The lowest BCUT2D eigenvalue weighted by Crippen LogP contribution is -2.58. The van der Waals surface area contributed by atoms with E-state index in [2.05, 4.69) is 12.1 Å². The highest BCUT2D eigenvalue weighted by Gasteiger charge is 2.70. The second kappa shape index (κ2) is 5.32. The summed E-state index contributed by atoms with van der Waals surface area (Å²) in [5.41, 5.74) is 2.63. The lowest BCUT2D eigenvalue weighted by Gasteiger charge is -2.55. The minimum atomic E-state index is -0.903. The smallest absolute Gasteiger partial charge is 0.234 e. The molecule has 1 aliphatic heterocycles. The molecule has 4 heteroatoms. The van der Waals surface area contributed by atoms with Crippen LogP contribution in [0, 0.1) is 11.8 Å². The van der Waals surface area contributed by atoms with Crippen LogP contribution in [0.4, 0.5) is 0 Å². The van der Waals surface area contributed by atoms with Gasteiger partial charge in [-0.3, -0.25) is 14.5 Å². The lowest BCUT2D eigenvalue weighted by molar-refractivity contribution is -0.146. The summed E-state index contributed by atoms with van der Waals surface area (Å²) in [4.78, 5) is 28.8. The van der Waals surface area contributed by atoms with Crippen LogP contribution in [0.3, 0.4) is 0 Å². The third kappa shape index (κ3) is 1.80. The summed E-state index contributed by atoms with van der Waals surface area (Å²) in [6.07, 6.45) is -0.805. The number of aliphatic hydroxyl groups is 1. The van der Waals surface area contributed by atoms with Gasteiger partial charge in [0.25, 0.3) is 0 Å². The van der Waals surface area contributed by atoms with Crippen LogP contribution in [0.2, 0.25) is 0 Å². The van der Waals surface area contributed by atoms with E-state index in [1.54, 1.807) is 6.92 Å². The second-order valence-corrected chi connectivity index (χ2v) is 9.38. The van der Waals surface area contributed by atoms with E-state index in [0.717, 1.165) is 22.3 Å². The van der Waals surface area contributed by atoms with Gasteiger partial charge in [-0.2, -0.15) is 0 Å². The summed E-state index contributed by atoms with van der Waals surface area (Å²) in [5.74, 6) is -1.46. The lowest BCUT2D eigenvalue weighted by atomic mass is 9.46. The van der Waals surface area contributed by atoms with Gasteiger partial charge in [0, 0.05) is 11.5 Å². The Labute approximate surface area is 165 Å². The first-order chi connectivity index (χ1) is 13.2. The van der Waals surface area contributed by atoms with Gasteiger partial charge in [0.15, 0.2) is 0 Å². The summed E-state index contributed by atoms with van der Waals surface area (Å²) in [6.45, 7) is 7.46. The Hall–Kier alpha value is -2.46. The van der Waals surface area contributed by atoms with Crippen molar-refractivity contribution in [1.82, 2.24) is 4.90 Å². The van der Waals surface area contributed by atoms with E-state index in [1.165, 1.54) is 4.90 Å². The normalized spacial score (nSPS) is 31.5.